The topological polar surface area (TPSA) is 67.8 Å². The molecule has 1 aromatic carbocycles. The Kier molecular flexibility index (Phi) is 4.69. The van der Waals surface area contributed by atoms with Gasteiger partial charge in [0, 0.05) is 21.0 Å². The molecule has 0 spiro atoms. The van der Waals surface area contributed by atoms with E-state index in [-0.39, 0.29) is 18.3 Å². The number of halogens is 1. The molecule has 0 fully saturated rings. The lowest BCUT2D eigenvalue weighted by Gasteiger charge is -2.08. The first kappa shape index (κ1) is 16.7. The van der Waals surface area contributed by atoms with Gasteiger partial charge < -0.3 is 10.1 Å². The van der Waals surface area contributed by atoms with Gasteiger partial charge in [-0.25, -0.2) is 0 Å². The van der Waals surface area contributed by atoms with Crippen molar-refractivity contribution in [2.75, 3.05) is 12.4 Å². The zero-order valence-corrected chi connectivity index (χ0v) is 14.7. The van der Waals surface area contributed by atoms with Gasteiger partial charge in [-0.15, -0.1) is 11.3 Å². The quantitative estimate of drug-likeness (QED) is 0.852. The summed E-state index contributed by atoms with van der Waals surface area (Å²) in [5, 5.41) is 4.10. The zero-order valence-electron chi connectivity index (χ0n) is 13.1. The molecule has 0 saturated heterocycles. The van der Waals surface area contributed by atoms with Gasteiger partial charge in [-0.1, -0.05) is 29.8 Å². The van der Waals surface area contributed by atoms with Crippen LogP contribution in [0.3, 0.4) is 0 Å². The molecule has 0 aliphatic carbocycles. The molecular formula is C17H15ClN2O3S. The molecule has 1 amide bonds. The second kappa shape index (κ2) is 6.75. The van der Waals surface area contributed by atoms with Crippen molar-refractivity contribution < 1.29 is 14.3 Å². The molecule has 3 rings (SSSR count). The van der Waals surface area contributed by atoms with Gasteiger partial charge in [0.05, 0.1) is 19.2 Å². The molecule has 1 aromatic heterocycles. The highest BCUT2D eigenvalue weighted by Crippen LogP contribution is 2.34. The minimum atomic E-state index is -0.528. The number of hydrogen-bond acceptors (Lipinski definition) is 5. The predicted molar refractivity (Wildman–Crippen MR) is 95.2 cm³/mol. The number of benzene rings is 1. The van der Waals surface area contributed by atoms with E-state index in [0.29, 0.717) is 15.7 Å². The number of carbonyl (C=O) groups excluding carboxylic acids is 2. The van der Waals surface area contributed by atoms with Crippen LogP contribution in [0.5, 0.6) is 0 Å². The van der Waals surface area contributed by atoms with Crippen molar-refractivity contribution in [3.8, 4) is 0 Å². The summed E-state index contributed by atoms with van der Waals surface area (Å²) >= 11 is 7.66. The van der Waals surface area contributed by atoms with Crippen LogP contribution in [0.1, 0.15) is 22.9 Å². The Morgan fingerprint density at radius 1 is 1.38 bits per heavy atom. The smallest absolute Gasteiger partial charge is 0.310 e. The summed E-state index contributed by atoms with van der Waals surface area (Å²) in [7, 11) is 1.35. The Balaban J connectivity index is 2.12. The van der Waals surface area contributed by atoms with Crippen LogP contribution in [0.25, 0.3) is 0 Å². The van der Waals surface area contributed by atoms with Crippen molar-refractivity contribution in [2.45, 2.75) is 19.4 Å². The van der Waals surface area contributed by atoms with Crippen molar-refractivity contribution >= 4 is 45.5 Å². The first-order valence-corrected chi connectivity index (χ1v) is 8.52. The summed E-state index contributed by atoms with van der Waals surface area (Å²) in [6.07, 6.45) is 0.148. The van der Waals surface area contributed by atoms with E-state index in [1.807, 2.05) is 24.3 Å². The molecule has 24 heavy (non-hydrogen) atoms. The van der Waals surface area contributed by atoms with Gasteiger partial charge in [-0.3, -0.25) is 14.6 Å². The fourth-order valence-corrected chi connectivity index (χ4v) is 3.69. The van der Waals surface area contributed by atoms with E-state index in [2.05, 4.69) is 10.3 Å². The fraction of sp³-hybridized carbons (Fsp3) is 0.235. The molecule has 124 valence electrons. The SMILES string of the molecule is COC(=O)Cc1cc2c(s1)NC(=O)C(C)N=C2c1ccccc1Cl. The van der Waals surface area contributed by atoms with Crippen LogP contribution in [-0.2, 0) is 20.7 Å². The monoisotopic (exact) mass is 362 g/mol. The molecule has 0 saturated carbocycles. The second-order valence-electron chi connectivity index (χ2n) is 5.33. The summed E-state index contributed by atoms with van der Waals surface area (Å²) in [4.78, 5) is 29.1. The van der Waals surface area contributed by atoms with Crippen molar-refractivity contribution in [3.63, 3.8) is 0 Å². The number of methoxy groups -OCH3 is 1. The maximum atomic E-state index is 12.2. The number of ether oxygens (including phenoxy) is 1. The minimum absolute atomic E-state index is 0.148. The standard InChI is InChI=1S/C17H15ClN2O3S/c1-9-16(22)20-17-12(7-10(24-17)8-14(21)23-2)15(19-9)11-5-3-4-6-13(11)18/h3-7,9H,8H2,1-2H3,(H,20,22). The molecule has 2 aromatic rings. The average molecular weight is 363 g/mol. The second-order valence-corrected chi connectivity index (χ2v) is 6.88. The van der Waals surface area contributed by atoms with Crippen LogP contribution < -0.4 is 5.32 Å². The van der Waals surface area contributed by atoms with Crippen LogP contribution in [0, 0.1) is 0 Å². The van der Waals surface area contributed by atoms with Crippen LogP contribution in [0.2, 0.25) is 5.02 Å². The van der Waals surface area contributed by atoms with Crippen molar-refractivity contribution in [1.82, 2.24) is 0 Å². The Labute approximate surface area is 148 Å². The van der Waals surface area contributed by atoms with E-state index in [0.717, 1.165) is 16.0 Å². The number of amides is 1. The summed E-state index contributed by atoms with van der Waals surface area (Å²) in [6.45, 7) is 1.73. The highest BCUT2D eigenvalue weighted by Gasteiger charge is 2.26. The number of nitrogens with zero attached hydrogens (tertiary/aromatic N) is 1. The number of rotatable bonds is 3. The van der Waals surface area contributed by atoms with Gasteiger partial charge in [0.1, 0.15) is 11.0 Å². The van der Waals surface area contributed by atoms with E-state index >= 15 is 0 Å². The summed E-state index contributed by atoms with van der Waals surface area (Å²) < 4.78 is 4.71. The van der Waals surface area contributed by atoms with Gasteiger partial charge >= 0.3 is 5.97 Å². The molecule has 5 nitrogen and oxygen atoms in total. The van der Waals surface area contributed by atoms with E-state index < -0.39 is 6.04 Å². The highest BCUT2D eigenvalue weighted by molar-refractivity contribution is 7.16. The fourth-order valence-electron chi connectivity index (χ4n) is 2.42. The number of thiophene rings is 1. The molecule has 1 unspecified atom stereocenters. The maximum absolute atomic E-state index is 12.2. The number of nitrogens with one attached hydrogen (secondary N) is 1. The molecule has 7 heteroatoms. The third kappa shape index (κ3) is 3.20. The Morgan fingerprint density at radius 3 is 2.83 bits per heavy atom. The van der Waals surface area contributed by atoms with Crippen LogP contribution >= 0.6 is 22.9 Å². The Morgan fingerprint density at radius 2 is 2.12 bits per heavy atom. The van der Waals surface area contributed by atoms with E-state index in [4.69, 9.17) is 16.3 Å². The number of anilines is 1. The third-order valence-corrected chi connectivity index (χ3v) is 5.03. The van der Waals surface area contributed by atoms with E-state index in [1.54, 1.807) is 13.0 Å². The zero-order chi connectivity index (χ0) is 17.3. The normalized spacial score (nSPS) is 16.7. The lowest BCUT2D eigenvalue weighted by Crippen LogP contribution is -2.22. The number of hydrogen-bond donors (Lipinski definition) is 1. The lowest BCUT2D eigenvalue weighted by atomic mass is 10.0. The van der Waals surface area contributed by atoms with Crippen LogP contribution in [-0.4, -0.2) is 30.7 Å². The largest absolute Gasteiger partial charge is 0.469 e. The minimum Gasteiger partial charge on any atom is -0.469 e. The van der Waals surface area contributed by atoms with Gasteiger partial charge in [0.25, 0.3) is 0 Å². The molecule has 0 bridgehead atoms. The first-order chi connectivity index (χ1) is 11.5. The molecule has 0 radical (unpaired) electrons. The Bertz CT molecular complexity index is 844. The first-order valence-electron chi connectivity index (χ1n) is 7.33. The van der Waals surface area contributed by atoms with Crippen molar-refractivity contribution in [3.05, 3.63) is 51.4 Å². The third-order valence-electron chi connectivity index (χ3n) is 3.65. The van der Waals surface area contributed by atoms with Gasteiger partial charge in [-0.05, 0) is 19.1 Å². The predicted octanol–water partition coefficient (Wildman–Crippen LogP) is 3.30. The summed E-state index contributed by atoms with van der Waals surface area (Å²) in [5.74, 6) is -0.521. The van der Waals surface area contributed by atoms with Gasteiger partial charge in [0.15, 0.2) is 0 Å². The average Bonchev–Trinajstić information content (AvgIpc) is 2.90. The maximum Gasteiger partial charge on any atom is 0.310 e. The number of esters is 1. The number of fused-ring (bicyclic) bond motifs is 1. The van der Waals surface area contributed by atoms with E-state index in [9.17, 15) is 9.59 Å². The Hall–Kier alpha value is -2.18. The highest BCUT2D eigenvalue weighted by atomic mass is 35.5. The summed E-state index contributed by atoms with van der Waals surface area (Å²) in [5.41, 5.74) is 2.17. The van der Waals surface area contributed by atoms with Crippen LogP contribution in [0.15, 0.2) is 35.3 Å². The molecule has 2 heterocycles. The summed E-state index contributed by atoms with van der Waals surface area (Å²) in [6, 6.07) is 8.69. The van der Waals surface area contributed by atoms with E-state index in [1.165, 1.54) is 18.4 Å². The van der Waals surface area contributed by atoms with Gasteiger partial charge in [-0.2, -0.15) is 0 Å². The van der Waals surface area contributed by atoms with Gasteiger partial charge in [0.2, 0.25) is 5.91 Å². The van der Waals surface area contributed by atoms with Crippen LogP contribution in [0.4, 0.5) is 5.00 Å². The molecule has 1 aliphatic rings. The molecular weight excluding hydrogens is 348 g/mol. The van der Waals surface area contributed by atoms with Crippen molar-refractivity contribution in [2.24, 2.45) is 4.99 Å². The van der Waals surface area contributed by atoms with Crippen molar-refractivity contribution in [1.29, 1.82) is 0 Å². The number of aliphatic imine (C=N–C) groups is 1. The molecule has 1 aliphatic heterocycles. The lowest BCUT2D eigenvalue weighted by molar-refractivity contribution is -0.139. The number of carbonyl (C=O) groups is 2. The molecule has 1 atom stereocenters. The molecule has 1 N–H and O–H groups in total.